The number of carbonyl (C=O) groups is 2. The summed E-state index contributed by atoms with van der Waals surface area (Å²) in [6.45, 7) is 0.479. The van der Waals surface area contributed by atoms with Crippen molar-refractivity contribution in [3.05, 3.63) is 46.8 Å². The number of anilines is 1. The number of carboxylic acid groups (broad SMARTS) is 1. The summed E-state index contributed by atoms with van der Waals surface area (Å²) < 4.78 is 0. The van der Waals surface area contributed by atoms with Crippen LogP contribution in [0.1, 0.15) is 15.2 Å². The van der Waals surface area contributed by atoms with E-state index in [1.165, 1.54) is 11.8 Å². The van der Waals surface area contributed by atoms with E-state index in [9.17, 15) is 9.59 Å². The summed E-state index contributed by atoms with van der Waals surface area (Å²) in [5.41, 5.74) is 1.03. The van der Waals surface area contributed by atoms with Gasteiger partial charge in [0, 0.05) is 4.90 Å². The maximum atomic E-state index is 12.1. The molecule has 0 aliphatic carbocycles. The van der Waals surface area contributed by atoms with Crippen LogP contribution in [0.5, 0.6) is 0 Å². The highest BCUT2D eigenvalue weighted by Gasteiger charge is 2.28. The molecule has 2 aromatic rings. The molecule has 102 valence electrons. The van der Waals surface area contributed by atoms with Crippen molar-refractivity contribution in [2.75, 3.05) is 10.7 Å². The van der Waals surface area contributed by atoms with E-state index in [-0.39, 0.29) is 10.8 Å². The van der Waals surface area contributed by atoms with E-state index in [0.29, 0.717) is 12.3 Å². The number of hydrogen-bond donors (Lipinski definition) is 1. The lowest BCUT2D eigenvalue weighted by Gasteiger charge is -2.26. The third-order valence-corrected chi connectivity index (χ3v) is 5.26. The number of rotatable bonds is 3. The number of fused-ring (bicyclic) bond motifs is 1. The fourth-order valence-electron chi connectivity index (χ4n) is 2.02. The molecule has 1 aliphatic heterocycles. The second-order valence-corrected chi connectivity index (χ2v) is 6.39. The molecule has 0 unspecified atom stereocenters. The Labute approximate surface area is 124 Å². The van der Waals surface area contributed by atoms with Gasteiger partial charge in [0.1, 0.15) is 9.88 Å². The monoisotopic (exact) mass is 305 g/mol. The number of aromatic carboxylic acids is 1. The Morgan fingerprint density at radius 3 is 2.75 bits per heavy atom. The summed E-state index contributed by atoms with van der Waals surface area (Å²) in [5.74, 6) is -0.572. The first kappa shape index (κ1) is 13.2. The fraction of sp³-hybridized carbons (Fsp3) is 0.143. The summed E-state index contributed by atoms with van der Waals surface area (Å²) in [7, 11) is 0. The molecule has 0 saturated heterocycles. The van der Waals surface area contributed by atoms with Crippen LogP contribution in [0.4, 0.5) is 5.00 Å². The van der Waals surface area contributed by atoms with Gasteiger partial charge in [0.25, 0.3) is 0 Å². The molecule has 1 N–H and O–H groups in total. The number of amides is 1. The molecule has 0 fully saturated rings. The Kier molecular flexibility index (Phi) is 3.50. The molecule has 0 saturated carbocycles. The van der Waals surface area contributed by atoms with Crippen LogP contribution in [0.2, 0.25) is 0 Å². The SMILES string of the molecule is O=C(O)c1cc2c(s1)N(Cc1ccccc1)C(=O)CS2. The molecule has 6 heteroatoms. The van der Waals surface area contributed by atoms with Gasteiger partial charge in [-0.05, 0) is 11.6 Å². The summed E-state index contributed by atoms with van der Waals surface area (Å²) in [5, 5.41) is 9.82. The lowest BCUT2D eigenvalue weighted by molar-refractivity contribution is -0.116. The standard InChI is InChI=1S/C14H11NO3S2/c16-12-8-19-10-6-11(14(17)18)20-13(10)15(12)7-9-4-2-1-3-5-9/h1-6H,7-8H2,(H,17,18). The normalized spacial score (nSPS) is 14.2. The van der Waals surface area contributed by atoms with Crippen molar-refractivity contribution < 1.29 is 14.7 Å². The van der Waals surface area contributed by atoms with Crippen LogP contribution in [0.3, 0.4) is 0 Å². The first-order valence-corrected chi connectivity index (χ1v) is 7.79. The molecule has 0 bridgehead atoms. The van der Waals surface area contributed by atoms with Gasteiger partial charge in [0.2, 0.25) is 5.91 Å². The van der Waals surface area contributed by atoms with Crippen molar-refractivity contribution in [1.29, 1.82) is 0 Å². The fourth-order valence-corrected chi connectivity index (χ4v) is 4.17. The van der Waals surface area contributed by atoms with Gasteiger partial charge in [0.05, 0.1) is 12.3 Å². The smallest absolute Gasteiger partial charge is 0.345 e. The van der Waals surface area contributed by atoms with Crippen LogP contribution in [0.25, 0.3) is 0 Å². The van der Waals surface area contributed by atoms with E-state index < -0.39 is 5.97 Å². The van der Waals surface area contributed by atoms with Crippen molar-refractivity contribution in [2.24, 2.45) is 0 Å². The average Bonchev–Trinajstić information content (AvgIpc) is 2.88. The topological polar surface area (TPSA) is 57.6 Å². The van der Waals surface area contributed by atoms with Gasteiger partial charge in [-0.3, -0.25) is 9.69 Å². The second kappa shape index (κ2) is 5.30. The number of thiophene rings is 1. The van der Waals surface area contributed by atoms with Crippen LogP contribution in [0, 0.1) is 0 Å². The molecule has 1 aliphatic rings. The maximum absolute atomic E-state index is 12.1. The van der Waals surface area contributed by atoms with E-state index in [0.717, 1.165) is 26.8 Å². The molecule has 0 atom stereocenters. The van der Waals surface area contributed by atoms with E-state index >= 15 is 0 Å². The highest BCUT2D eigenvalue weighted by Crippen LogP contribution is 2.42. The highest BCUT2D eigenvalue weighted by molar-refractivity contribution is 8.00. The zero-order valence-electron chi connectivity index (χ0n) is 10.4. The molecule has 1 amide bonds. The molecule has 2 heterocycles. The third kappa shape index (κ3) is 2.44. The Morgan fingerprint density at radius 1 is 1.30 bits per heavy atom. The van der Waals surface area contributed by atoms with Crippen molar-refractivity contribution in [3.8, 4) is 0 Å². The zero-order valence-corrected chi connectivity index (χ0v) is 12.0. The maximum Gasteiger partial charge on any atom is 0.345 e. The first-order chi connectivity index (χ1) is 9.65. The number of nitrogens with zero attached hydrogens (tertiary/aromatic N) is 1. The molecule has 4 nitrogen and oxygen atoms in total. The van der Waals surface area contributed by atoms with Gasteiger partial charge in [-0.2, -0.15) is 0 Å². The Balaban J connectivity index is 1.95. The number of carbonyl (C=O) groups excluding carboxylic acids is 1. The molecule has 0 radical (unpaired) electrons. The van der Waals surface area contributed by atoms with E-state index in [1.54, 1.807) is 11.0 Å². The summed E-state index contributed by atoms with van der Waals surface area (Å²) >= 11 is 2.56. The molecule has 1 aromatic heterocycles. The molecule has 20 heavy (non-hydrogen) atoms. The van der Waals surface area contributed by atoms with Crippen LogP contribution in [-0.2, 0) is 11.3 Å². The Bertz CT molecular complexity index is 666. The lowest BCUT2D eigenvalue weighted by Crippen LogP contribution is -2.33. The van der Waals surface area contributed by atoms with Gasteiger partial charge in [-0.25, -0.2) is 4.79 Å². The van der Waals surface area contributed by atoms with E-state index in [4.69, 9.17) is 5.11 Å². The van der Waals surface area contributed by atoms with Crippen LogP contribution in [-0.4, -0.2) is 22.7 Å². The Morgan fingerprint density at radius 2 is 2.05 bits per heavy atom. The van der Waals surface area contributed by atoms with Crippen molar-refractivity contribution >= 4 is 40.0 Å². The van der Waals surface area contributed by atoms with Gasteiger partial charge in [-0.15, -0.1) is 23.1 Å². The summed E-state index contributed by atoms with van der Waals surface area (Å²) in [6, 6.07) is 11.3. The first-order valence-electron chi connectivity index (χ1n) is 5.99. The minimum atomic E-state index is -0.947. The quantitative estimate of drug-likeness (QED) is 0.946. The number of hydrogen-bond acceptors (Lipinski definition) is 4. The van der Waals surface area contributed by atoms with Crippen LogP contribution in [0.15, 0.2) is 41.3 Å². The number of carboxylic acids is 1. The van der Waals surface area contributed by atoms with E-state index in [1.807, 2.05) is 30.3 Å². The van der Waals surface area contributed by atoms with E-state index in [2.05, 4.69) is 0 Å². The molecule has 3 rings (SSSR count). The van der Waals surface area contributed by atoms with Crippen molar-refractivity contribution in [1.82, 2.24) is 0 Å². The minimum absolute atomic E-state index is 0.0186. The second-order valence-electron chi connectivity index (χ2n) is 4.34. The van der Waals surface area contributed by atoms with Gasteiger partial charge in [0.15, 0.2) is 0 Å². The predicted octanol–water partition coefficient (Wildman–Crippen LogP) is 3.09. The average molecular weight is 305 g/mol. The van der Waals surface area contributed by atoms with Crippen molar-refractivity contribution in [3.63, 3.8) is 0 Å². The molecular formula is C14H11NO3S2. The largest absolute Gasteiger partial charge is 0.477 e. The van der Waals surface area contributed by atoms with Crippen LogP contribution >= 0.6 is 23.1 Å². The highest BCUT2D eigenvalue weighted by atomic mass is 32.2. The third-order valence-electron chi connectivity index (χ3n) is 2.97. The lowest BCUT2D eigenvalue weighted by atomic mass is 10.2. The van der Waals surface area contributed by atoms with Crippen molar-refractivity contribution in [2.45, 2.75) is 11.4 Å². The van der Waals surface area contributed by atoms with Crippen LogP contribution < -0.4 is 4.90 Å². The molecular weight excluding hydrogens is 294 g/mol. The molecule has 1 aromatic carbocycles. The molecule has 0 spiro atoms. The summed E-state index contributed by atoms with van der Waals surface area (Å²) in [6.07, 6.45) is 0. The van der Waals surface area contributed by atoms with Gasteiger partial charge in [-0.1, -0.05) is 30.3 Å². The number of thioether (sulfide) groups is 1. The van der Waals surface area contributed by atoms with Gasteiger partial charge < -0.3 is 5.11 Å². The van der Waals surface area contributed by atoms with Gasteiger partial charge >= 0.3 is 5.97 Å². The zero-order chi connectivity index (χ0) is 14.1. The Hall–Kier alpha value is -1.79. The number of benzene rings is 1. The predicted molar refractivity (Wildman–Crippen MR) is 79.6 cm³/mol. The minimum Gasteiger partial charge on any atom is -0.477 e. The summed E-state index contributed by atoms with van der Waals surface area (Å²) in [4.78, 5) is 26.0.